The SMILES string of the molecule is OCc1cnc(C=CCCS)s1. The topological polar surface area (TPSA) is 33.1 Å². The molecule has 0 amide bonds. The molecule has 0 aliphatic heterocycles. The average Bonchev–Trinajstić information content (AvgIpc) is 2.53. The lowest BCUT2D eigenvalue weighted by Gasteiger charge is -1.83. The van der Waals surface area contributed by atoms with E-state index in [1.54, 1.807) is 6.20 Å². The number of hydrogen-bond donors (Lipinski definition) is 2. The van der Waals surface area contributed by atoms with E-state index in [0.29, 0.717) is 0 Å². The molecular weight excluding hydrogens is 190 g/mol. The number of allylic oxidation sites excluding steroid dienone is 1. The van der Waals surface area contributed by atoms with Gasteiger partial charge in [0.2, 0.25) is 0 Å². The third-order valence-corrected chi connectivity index (χ3v) is 2.49. The van der Waals surface area contributed by atoms with E-state index >= 15 is 0 Å². The first-order valence-electron chi connectivity index (χ1n) is 3.69. The van der Waals surface area contributed by atoms with Gasteiger partial charge in [0.15, 0.2) is 0 Å². The molecule has 12 heavy (non-hydrogen) atoms. The lowest BCUT2D eigenvalue weighted by molar-refractivity contribution is 0.285. The fourth-order valence-electron chi connectivity index (χ4n) is 0.731. The Kier molecular flexibility index (Phi) is 4.35. The van der Waals surface area contributed by atoms with Crippen molar-refractivity contribution in [2.75, 3.05) is 5.75 Å². The Morgan fingerprint density at radius 3 is 3.08 bits per heavy atom. The van der Waals surface area contributed by atoms with Gasteiger partial charge in [-0.2, -0.15) is 12.6 Å². The quantitative estimate of drug-likeness (QED) is 0.730. The Hall–Kier alpha value is -0.320. The van der Waals surface area contributed by atoms with E-state index in [2.05, 4.69) is 17.6 Å². The molecule has 0 aliphatic rings. The summed E-state index contributed by atoms with van der Waals surface area (Å²) in [5.74, 6) is 0.856. The monoisotopic (exact) mass is 201 g/mol. The van der Waals surface area contributed by atoms with Gasteiger partial charge >= 0.3 is 0 Å². The normalized spacial score (nSPS) is 11.2. The van der Waals surface area contributed by atoms with Crippen molar-refractivity contribution < 1.29 is 5.11 Å². The van der Waals surface area contributed by atoms with Gasteiger partial charge in [-0.1, -0.05) is 6.08 Å². The second kappa shape index (κ2) is 5.35. The van der Waals surface area contributed by atoms with Crippen molar-refractivity contribution in [3.63, 3.8) is 0 Å². The third kappa shape index (κ3) is 2.97. The fraction of sp³-hybridized carbons (Fsp3) is 0.375. The molecule has 0 aliphatic carbocycles. The summed E-state index contributed by atoms with van der Waals surface area (Å²) in [5.41, 5.74) is 0. The number of thiol groups is 1. The highest BCUT2D eigenvalue weighted by molar-refractivity contribution is 7.80. The fourth-order valence-corrected chi connectivity index (χ4v) is 1.59. The Morgan fingerprint density at radius 2 is 2.50 bits per heavy atom. The summed E-state index contributed by atoms with van der Waals surface area (Å²) in [7, 11) is 0. The van der Waals surface area contributed by atoms with Gasteiger partial charge in [0.25, 0.3) is 0 Å². The summed E-state index contributed by atoms with van der Waals surface area (Å²) in [5, 5.41) is 9.70. The lowest BCUT2D eigenvalue weighted by Crippen LogP contribution is -1.70. The van der Waals surface area contributed by atoms with E-state index < -0.39 is 0 Å². The molecule has 0 saturated heterocycles. The van der Waals surface area contributed by atoms with Crippen LogP contribution in [0.2, 0.25) is 0 Å². The third-order valence-electron chi connectivity index (χ3n) is 1.28. The van der Waals surface area contributed by atoms with Gasteiger partial charge in [-0.25, -0.2) is 4.98 Å². The number of rotatable bonds is 4. The van der Waals surface area contributed by atoms with E-state index in [0.717, 1.165) is 22.1 Å². The summed E-state index contributed by atoms with van der Waals surface area (Å²) in [4.78, 5) is 5.01. The van der Waals surface area contributed by atoms with Crippen LogP contribution in [0.4, 0.5) is 0 Å². The molecule has 0 saturated carbocycles. The minimum atomic E-state index is 0.0814. The molecule has 0 aromatic carbocycles. The predicted octanol–water partition coefficient (Wildman–Crippen LogP) is 1.97. The highest BCUT2D eigenvalue weighted by atomic mass is 32.1. The Bertz CT molecular complexity index is 257. The van der Waals surface area contributed by atoms with Gasteiger partial charge in [-0.3, -0.25) is 0 Å². The number of aromatic nitrogens is 1. The smallest absolute Gasteiger partial charge is 0.116 e. The zero-order valence-corrected chi connectivity index (χ0v) is 8.31. The summed E-state index contributed by atoms with van der Waals surface area (Å²) in [6.45, 7) is 0.0814. The Morgan fingerprint density at radius 1 is 1.67 bits per heavy atom. The molecule has 66 valence electrons. The minimum absolute atomic E-state index is 0.0814. The molecule has 1 N–H and O–H groups in total. The number of thiazole rings is 1. The van der Waals surface area contributed by atoms with Crippen LogP contribution < -0.4 is 0 Å². The maximum Gasteiger partial charge on any atom is 0.116 e. The number of nitrogens with zero attached hydrogens (tertiary/aromatic N) is 1. The molecular formula is C8H11NOS2. The first kappa shape index (κ1) is 9.77. The van der Waals surface area contributed by atoms with Crippen molar-refractivity contribution >= 4 is 30.0 Å². The molecule has 0 atom stereocenters. The molecule has 1 aromatic rings. The van der Waals surface area contributed by atoms with E-state index in [-0.39, 0.29) is 6.61 Å². The van der Waals surface area contributed by atoms with Crippen LogP contribution in [-0.4, -0.2) is 15.8 Å². The maximum absolute atomic E-state index is 8.76. The number of hydrogen-bond acceptors (Lipinski definition) is 4. The van der Waals surface area contributed by atoms with E-state index in [9.17, 15) is 0 Å². The zero-order valence-electron chi connectivity index (χ0n) is 6.60. The molecule has 0 spiro atoms. The van der Waals surface area contributed by atoms with Gasteiger partial charge < -0.3 is 5.11 Å². The first-order chi connectivity index (χ1) is 5.86. The van der Waals surface area contributed by atoms with Gasteiger partial charge in [-0.15, -0.1) is 11.3 Å². The minimum Gasteiger partial charge on any atom is -0.391 e. The summed E-state index contributed by atoms with van der Waals surface area (Å²) in [6, 6.07) is 0. The average molecular weight is 201 g/mol. The number of aliphatic hydroxyl groups excluding tert-OH is 1. The molecule has 0 unspecified atom stereocenters. The van der Waals surface area contributed by atoms with Crippen LogP contribution in [0, 0.1) is 0 Å². The van der Waals surface area contributed by atoms with Crippen molar-refractivity contribution in [2.24, 2.45) is 0 Å². The van der Waals surface area contributed by atoms with Crippen molar-refractivity contribution in [1.82, 2.24) is 4.98 Å². The van der Waals surface area contributed by atoms with Crippen molar-refractivity contribution in [2.45, 2.75) is 13.0 Å². The summed E-state index contributed by atoms with van der Waals surface area (Å²) < 4.78 is 0. The zero-order chi connectivity index (χ0) is 8.81. The van der Waals surface area contributed by atoms with Crippen molar-refractivity contribution in [3.05, 3.63) is 22.2 Å². The van der Waals surface area contributed by atoms with Gasteiger partial charge in [-0.05, 0) is 18.2 Å². The number of aliphatic hydroxyl groups is 1. The highest BCUT2D eigenvalue weighted by Gasteiger charge is 1.95. The molecule has 1 heterocycles. The van der Waals surface area contributed by atoms with Crippen LogP contribution in [0.15, 0.2) is 12.3 Å². The molecule has 0 fully saturated rings. The van der Waals surface area contributed by atoms with Gasteiger partial charge in [0.05, 0.1) is 11.5 Å². The largest absolute Gasteiger partial charge is 0.391 e. The first-order valence-corrected chi connectivity index (χ1v) is 5.14. The Balaban J connectivity index is 2.51. The van der Waals surface area contributed by atoms with Crippen LogP contribution in [0.1, 0.15) is 16.3 Å². The molecule has 1 rings (SSSR count). The van der Waals surface area contributed by atoms with Crippen molar-refractivity contribution in [1.29, 1.82) is 0 Å². The lowest BCUT2D eigenvalue weighted by atomic mass is 10.4. The summed E-state index contributed by atoms with van der Waals surface area (Å²) >= 11 is 5.59. The second-order valence-electron chi connectivity index (χ2n) is 2.24. The van der Waals surface area contributed by atoms with Crippen LogP contribution in [0.25, 0.3) is 6.08 Å². The molecule has 1 aromatic heterocycles. The van der Waals surface area contributed by atoms with Crippen molar-refractivity contribution in [3.8, 4) is 0 Å². The molecule has 4 heteroatoms. The van der Waals surface area contributed by atoms with Crippen LogP contribution >= 0.6 is 24.0 Å². The van der Waals surface area contributed by atoms with E-state index in [1.807, 2.05) is 12.2 Å². The van der Waals surface area contributed by atoms with Gasteiger partial charge in [0.1, 0.15) is 5.01 Å². The second-order valence-corrected chi connectivity index (χ2v) is 3.83. The molecule has 0 radical (unpaired) electrons. The summed E-state index contributed by atoms with van der Waals surface area (Å²) in [6.07, 6.45) is 6.65. The van der Waals surface area contributed by atoms with Gasteiger partial charge in [0, 0.05) is 6.20 Å². The van der Waals surface area contributed by atoms with Crippen LogP contribution in [0.3, 0.4) is 0 Å². The Labute approximate surface area is 81.4 Å². The van der Waals surface area contributed by atoms with Crippen LogP contribution in [-0.2, 0) is 6.61 Å². The standard InChI is InChI=1S/C8H11NOS2/c10-6-7-5-9-8(12-7)3-1-2-4-11/h1,3,5,10-11H,2,4,6H2. The van der Waals surface area contributed by atoms with Crippen LogP contribution in [0.5, 0.6) is 0 Å². The van der Waals surface area contributed by atoms with E-state index in [4.69, 9.17) is 5.11 Å². The molecule has 2 nitrogen and oxygen atoms in total. The predicted molar refractivity (Wildman–Crippen MR) is 55.5 cm³/mol. The van der Waals surface area contributed by atoms with E-state index in [1.165, 1.54) is 11.3 Å². The highest BCUT2D eigenvalue weighted by Crippen LogP contribution is 2.14. The molecule has 0 bridgehead atoms. The maximum atomic E-state index is 8.76.